The predicted octanol–water partition coefficient (Wildman–Crippen LogP) is 1.38. The Balaban J connectivity index is 1.76. The lowest BCUT2D eigenvalue weighted by atomic mass is 9.86. The molecule has 138 valence electrons. The number of carbonyl (C=O) groups excluding carboxylic acids is 1. The number of aliphatic hydroxyl groups is 1. The minimum atomic E-state index is -0.715. The van der Waals surface area contributed by atoms with E-state index in [2.05, 4.69) is 22.3 Å². The Kier molecular flexibility index (Phi) is 6.39. The lowest BCUT2D eigenvalue weighted by Gasteiger charge is -2.37. The number of nitrogens with zero attached hydrogens (tertiary/aromatic N) is 1. The van der Waals surface area contributed by atoms with Crippen molar-refractivity contribution in [3.63, 3.8) is 0 Å². The van der Waals surface area contributed by atoms with E-state index in [-0.39, 0.29) is 18.4 Å². The SMILES string of the molecule is NC(=O)C1(C(CCN2CCCC(CO)C2)c2ccccc2)NCCS1. The van der Waals surface area contributed by atoms with Crippen molar-refractivity contribution in [1.82, 2.24) is 10.2 Å². The van der Waals surface area contributed by atoms with Gasteiger partial charge in [-0.1, -0.05) is 30.3 Å². The van der Waals surface area contributed by atoms with E-state index >= 15 is 0 Å². The van der Waals surface area contributed by atoms with E-state index in [0.717, 1.165) is 51.2 Å². The molecule has 2 fully saturated rings. The molecule has 2 aliphatic heterocycles. The van der Waals surface area contributed by atoms with E-state index in [1.165, 1.54) is 5.56 Å². The van der Waals surface area contributed by atoms with Gasteiger partial charge in [-0.2, -0.15) is 0 Å². The summed E-state index contributed by atoms with van der Waals surface area (Å²) in [7, 11) is 0. The second-order valence-corrected chi connectivity index (χ2v) is 8.46. The standard InChI is InChI=1S/C19H29N3O2S/c20-18(24)19(21-9-12-25-19)17(16-6-2-1-3-7-16)8-11-22-10-4-5-15(13-22)14-23/h1-3,6-7,15,17,21,23H,4-5,8-14H2,(H2,20,24). The van der Waals surface area contributed by atoms with Crippen LogP contribution in [0, 0.1) is 5.92 Å². The van der Waals surface area contributed by atoms with Crippen LogP contribution in [-0.2, 0) is 4.79 Å². The van der Waals surface area contributed by atoms with Crippen LogP contribution < -0.4 is 11.1 Å². The van der Waals surface area contributed by atoms with Crippen LogP contribution in [0.15, 0.2) is 30.3 Å². The van der Waals surface area contributed by atoms with Gasteiger partial charge in [-0.25, -0.2) is 0 Å². The number of hydrogen-bond acceptors (Lipinski definition) is 5. The molecule has 3 atom stereocenters. The van der Waals surface area contributed by atoms with Crippen LogP contribution >= 0.6 is 11.8 Å². The maximum atomic E-state index is 12.4. The van der Waals surface area contributed by atoms with Crippen LogP contribution in [0.5, 0.6) is 0 Å². The molecule has 2 saturated heterocycles. The van der Waals surface area contributed by atoms with Crippen LogP contribution in [0.1, 0.15) is 30.7 Å². The second-order valence-electron chi connectivity index (χ2n) is 7.12. The summed E-state index contributed by atoms with van der Waals surface area (Å²) in [5, 5.41) is 12.9. The van der Waals surface area contributed by atoms with E-state index in [1.807, 2.05) is 18.2 Å². The summed E-state index contributed by atoms with van der Waals surface area (Å²) in [6.07, 6.45) is 3.12. The van der Waals surface area contributed by atoms with E-state index < -0.39 is 4.87 Å². The van der Waals surface area contributed by atoms with Gasteiger partial charge < -0.3 is 15.7 Å². The Labute approximate surface area is 154 Å². The van der Waals surface area contributed by atoms with E-state index in [1.54, 1.807) is 11.8 Å². The maximum absolute atomic E-state index is 12.4. The van der Waals surface area contributed by atoms with Gasteiger partial charge in [0.05, 0.1) is 0 Å². The minimum absolute atomic E-state index is 0.0493. The monoisotopic (exact) mass is 363 g/mol. The summed E-state index contributed by atoms with van der Waals surface area (Å²) >= 11 is 1.65. The number of nitrogens with one attached hydrogen (secondary N) is 1. The number of rotatable bonds is 7. The summed E-state index contributed by atoms with van der Waals surface area (Å²) in [6, 6.07) is 10.3. The van der Waals surface area contributed by atoms with Crippen molar-refractivity contribution in [2.24, 2.45) is 11.7 Å². The molecule has 0 radical (unpaired) electrons. The number of piperidine rings is 1. The zero-order chi connectivity index (χ0) is 17.7. The average Bonchev–Trinajstić information content (AvgIpc) is 3.14. The molecular weight excluding hydrogens is 334 g/mol. The molecule has 0 aromatic heterocycles. The third kappa shape index (κ3) is 4.19. The molecule has 0 spiro atoms. The van der Waals surface area contributed by atoms with Gasteiger partial charge in [0.1, 0.15) is 0 Å². The van der Waals surface area contributed by atoms with Gasteiger partial charge in [0.2, 0.25) is 5.91 Å². The fourth-order valence-corrected chi connectivity index (χ4v) is 5.49. The molecule has 0 saturated carbocycles. The van der Waals surface area contributed by atoms with Crippen molar-refractivity contribution in [2.75, 3.05) is 38.5 Å². The molecule has 1 aromatic carbocycles. The molecule has 5 nitrogen and oxygen atoms in total. The molecule has 1 amide bonds. The quantitative estimate of drug-likeness (QED) is 0.682. The van der Waals surface area contributed by atoms with Crippen LogP contribution in [0.25, 0.3) is 0 Å². The third-order valence-electron chi connectivity index (χ3n) is 5.47. The third-order valence-corrected chi connectivity index (χ3v) is 6.97. The summed E-state index contributed by atoms with van der Waals surface area (Å²) in [4.78, 5) is 14.1. The molecule has 3 unspecified atom stereocenters. The molecule has 25 heavy (non-hydrogen) atoms. The molecule has 4 N–H and O–H groups in total. The summed E-state index contributed by atoms with van der Waals surface area (Å²) in [5.41, 5.74) is 7.02. The number of nitrogens with two attached hydrogens (primary N) is 1. The molecule has 0 bridgehead atoms. The zero-order valence-corrected chi connectivity index (χ0v) is 15.5. The highest BCUT2D eigenvalue weighted by molar-refractivity contribution is 8.01. The largest absolute Gasteiger partial charge is 0.396 e. The van der Waals surface area contributed by atoms with E-state index in [4.69, 9.17) is 5.73 Å². The Hall–Kier alpha value is -1.08. The molecule has 2 heterocycles. The first-order chi connectivity index (χ1) is 12.2. The Morgan fingerprint density at radius 3 is 2.88 bits per heavy atom. The number of aliphatic hydroxyl groups excluding tert-OH is 1. The maximum Gasteiger partial charge on any atom is 0.248 e. The minimum Gasteiger partial charge on any atom is -0.396 e. The first-order valence-corrected chi connectivity index (χ1v) is 10.2. The van der Waals surface area contributed by atoms with E-state index in [9.17, 15) is 9.90 Å². The molecular formula is C19H29N3O2S. The van der Waals surface area contributed by atoms with Crippen molar-refractivity contribution in [2.45, 2.75) is 30.1 Å². The van der Waals surface area contributed by atoms with Crippen LogP contribution in [0.2, 0.25) is 0 Å². The number of carbonyl (C=O) groups is 1. The number of amides is 1. The first-order valence-electron chi connectivity index (χ1n) is 9.23. The van der Waals surface area contributed by atoms with Crippen molar-refractivity contribution < 1.29 is 9.90 Å². The number of thioether (sulfide) groups is 1. The van der Waals surface area contributed by atoms with Gasteiger partial charge >= 0.3 is 0 Å². The highest BCUT2D eigenvalue weighted by Gasteiger charge is 2.47. The second kappa shape index (κ2) is 8.54. The molecule has 6 heteroatoms. The molecule has 1 aromatic rings. The summed E-state index contributed by atoms with van der Waals surface area (Å²) in [6.45, 7) is 4.02. The van der Waals surface area contributed by atoms with Gasteiger partial charge in [-0.05, 0) is 43.8 Å². The van der Waals surface area contributed by atoms with Gasteiger partial charge in [0.25, 0.3) is 0 Å². The normalized spacial score (nSPS) is 28.8. The summed E-state index contributed by atoms with van der Waals surface area (Å²) < 4.78 is 0. The van der Waals surface area contributed by atoms with Crippen LogP contribution in [-0.4, -0.2) is 59.3 Å². The van der Waals surface area contributed by atoms with Crippen molar-refractivity contribution >= 4 is 17.7 Å². The van der Waals surface area contributed by atoms with Crippen LogP contribution in [0.4, 0.5) is 0 Å². The Morgan fingerprint density at radius 1 is 1.44 bits per heavy atom. The number of likely N-dealkylation sites (tertiary alicyclic amines) is 1. The highest BCUT2D eigenvalue weighted by Crippen LogP contribution is 2.42. The van der Waals surface area contributed by atoms with Crippen molar-refractivity contribution in [1.29, 1.82) is 0 Å². The Bertz CT molecular complexity index is 563. The van der Waals surface area contributed by atoms with Crippen molar-refractivity contribution in [3.05, 3.63) is 35.9 Å². The lowest BCUT2D eigenvalue weighted by Crippen LogP contribution is -2.54. The highest BCUT2D eigenvalue weighted by atomic mass is 32.2. The van der Waals surface area contributed by atoms with Crippen LogP contribution in [0.3, 0.4) is 0 Å². The molecule has 3 rings (SSSR count). The lowest BCUT2D eigenvalue weighted by molar-refractivity contribution is -0.121. The number of hydrogen-bond donors (Lipinski definition) is 3. The molecule has 0 aliphatic carbocycles. The predicted molar refractivity (Wildman–Crippen MR) is 102 cm³/mol. The smallest absolute Gasteiger partial charge is 0.248 e. The fraction of sp³-hybridized carbons (Fsp3) is 0.632. The first kappa shape index (κ1) is 18.7. The number of primary amides is 1. The molecule has 2 aliphatic rings. The number of benzene rings is 1. The van der Waals surface area contributed by atoms with E-state index in [0.29, 0.717) is 5.92 Å². The topological polar surface area (TPSA) is 78.6 Å². The van der Waals surface area contributed by atoms with Crippen molar-refractivity contribution in [3.8, 4) is 0 Å². The fourth-order valence-electron chi connectivity index (χ4n) is 4.16. The van der Waals surface area contributed by atoms with Gasteiger partial charge in [-0.15, -0.1) is 11.8 Å². The Morgan fingerprint density at radius 2 is 2.24 bits per heavy atom. The average molecular weight is 364 g/mol. The summed E-state index contributed by atoms with van der Waals surface area (Å²) in [5.74, 6) is 1.07. The van der Waals surface area contributed by atoms with Gasteiger partial charge in [-0.3, -0.25) is 10.1 Å². The zero-order valence-electron chi connectivity index (χ0n) is 14.7. The van der Waals surface area contributed by atoms with Gasteiger partial charge in [0, 0.05) is 31.4 Å². The van der Waals surface area contributed by atoms with Gasteiger partial charge in [0.15, 0.2) is 4.87 Å².